The fourth-order valence-electron chi connectivity index (χ4n) is 4.63. The van der Waals surface area contributed by atoms with Crippen LogP contribution in [0.2, 0.25) is 0 Å². The van der Waals surface area contributed by atoms with Crippen LogP contribution in [0.5, 0.6) is 5.88 Å². The van der Waals surface area contributed by atoms with E-state index in [4.69, 9.17) is 4.74 Å². The number of rotatable bonds is 6. The van der Waals surface area contributed by atoms with E-state index in [1.807, 2.05) is 53.4 Å². The van der Waals surface area contributed by atoms with E-state index in [1.54, 1.807) is 36.8 Å². The summed E-state index contributed by atoms with van der Waals surface area (Å²) in [5, 5.41) is 0. The zero-order chi connectivity index (χ0) is 24.6. The number of nitrogens with zero attached hydrogens (tertiary/aromatic N) is 3. The zero-order valence-electron chi connectivity index (χ0n) is 19.9. The van der Waals surface area contributed by atoms with Crippen molar-refractivity contribution in [3.8, 4) is 27.6 Å². The van der Waals surface area contributed by atoms with Crippen LogP contribution in [0.15, 0.2) is 66.9 Å². The molecule has 36 heavy (non-hydrogen) atoms. The molecular weight excluding hydrogens is 470 g/mol. The van der Waals surface area contributed by atoms with Gasteiger partial charge in [0.1, 0.15) is 5.69 Å². The molecule has 7 heteroatoms. The average molecular weight is 496 g/mol. The van der Waals surface area contributed by atoms with Gasteiger partial charge in [-0.25, -0.2) is 9.97 Å². The van der Waals surface area contributed by atoms with Gasteiger partial charge in [0.05, 0.1) is 23.4 Å². The maximum absolute atomic E-state index is 13.8. The summed E-state index contributed by atoms with van der Waals surface area (Å²) < 4.78 is 5.14. The van der Waals surface area contributed by atoms with Gasteiger partial charge in [-0.2, -0.15) is 0 Å². The molecule has 0 bridgehead atoms. The molecule has 6 rings (SSSR count). The van der Waals surface area contributed by atoms with Gasteiger partial charge in [-0.3, -0.25) is 9.59 Å². The first kappa shape index (κ1) is 22.6. The number of thiophene rings is 1. The molecule has 0 radical (unpaired) electrons. The monoisotopic (exact) mass is 495 g/mol. The molecule has 6 nitrogen and oxygen atoms in total. The van der Waals surface area contributed by atoms with Crippen LogP contribution in [0.3, 0.4) is 0 Å². The van der Waals surface area contributed by atoms with E-state index >= 15 is 0 Å². The van der Waals surface area contributed by atoms with Crippen LogP contribution in [-0.4, -0.2) is 35.3 Å². The van der Waals surface area contributed by atoms with Crippen LogP contribution in [0.25, 0.3) is 21.7 Å². The Bertz CT molecular complexity index is 1460. The minimum Gasteiger partial charge on any atom is -0.481 e. The van der Waals surface area contributed by atoms with Gasteiger partial charge in [0.15, 0.2) is 5.78 Å². The van der Waals surface area contributed by atoms with Crippen molar-refractivity contribution in [3.05, 3.63) is 83.0 Å². The van der Waals surface area contributed by atoms with Crippen LogP contribution in [0.1, 0.15) is 45.0 Å². The van der Waals surface area contributed by atoms with Crippen molar-refractivity contribution in [2.75, 3.05) is 18.6 Å². The van der Waals surface area contributed by atoms with Crippen molar-refractivity contribution in [2.24, 2.45) is 5.92 Å². The third-order valence-corrected chi connectivity index (χ3v) is 8.01. The summed E-state index contributed by atoms with van der Waals surface area (Å²) in [7, 11) is 1.57. The number of hydrogen-bond donors (Lipinski definition) is 0. The van der Waals surface area contributed by atoms with Gasteiger partial charge in [-0.1, -0.05) is 24.3 Å². The molecule has 0 spiro atoms. The standard InChI is InChI=1S/C29H25N3O3S/c1-35-27-12-11-20(17-30-27)22-6-4-7-23(31-22)29(34)32-14-13-19-16-26(25(33)15-18-9-10-18)36-28(19)21-5-2-3-8-24(21)32/h2-8,11-12,16-18H,9-10,13-15H2,1H3. The van der Waals surface area contributed by atoms with Gasteiger partial charge in [0, 0.05) is 41.2 Å². The van der Waals surface area contributed by atoms with E-state index in [0.717, 1.165) is 32.1 Å². The van der Waals surface area contributed by atoms with Crippen LogP contribution < -0.4 is 9.64 Å². The summed E-state index contributed by atoms with van der Waals surface area (Å²) in [4.78, 5) is 39.2. The highest BCUT2D eigenvalue weighted by molar-refractivity contribution is 7.17. The number of amides is 1. The molecule has 0 unspecified atom stereocenters. The van der Waals surface area contributed by atoms with Gasteiger partial charge in [-0.15, -0.1) is 11.3 Å². The molecule has 2 aliphatic rings. The van der Waals surface area contributed by atoms with Gasteiger partial charge in [0.25, 0.3) is 5.91 Å². The van der Waals surface area contributed by atoms with E-state index in [1.165, 1.54) is 12.8 Å². The highest BCUT2D eigenvalue weighted by Crippen LogP contribution is 2.43. The second-order valence-electron chi connectivity index (χ2n) is 9.26. The van der Waals surface area contributed by atoms with Crippen LogP contribution in [0, 0.1) is 5.92 Å². The molecule has 0 atom stereocenters. The summed E-state index contributed by atoms with van der Waals surface area (Å²) in [6.07, 6.45) is 5.36. The molecule has 0 N–H and O–H groups in total. The maximum atomic E-state index is 13.8. The van der Waals surface area contributed by atoms with E-state index < -0.39 is 0 Å². The summed E-state index contributed by atoms with van der Waals surface area (Å²) in [5.41, 5.74) is 4.84. The number of ether oxygens (including phenoxy) is 1. The Labute approximate surface area is 213 Å². The zero-order valence-corrected chi connectivity index (χ0v) is 20.8. The average Bonchev–Trinajstić information content (AvgIpc) is 3.67. The lowest BCUT2D eigenvalue weighted by molar-refractivity contribution is 0.0972. The highest BCUT2D eigenvalue weighted by atomic mass is 32.1. The lowest BCUT2D eigenvalue weighted by atomic mass is 10.1. The number of carbonyl (C=O) groups excluding carboxylic acids is 2. The van der Waals surface area contributed by atoms with Crippen LogP contribution in [0.4, 0.5) is 5.69 Å². The number of fused-ring (bicyclic) bond motifs is 3. The lowest BCUT2D eigenvalue weighted by Gasteiger charge is -2.23. The van der Waals surface area contributed by atoms with Crippen LogP contribution >= 0.6 is 11.3 Å². The first-order valence-corrected chi connectivity index (χ1v) is 13.0. The highest BCUT2D eigenvalue weighted by Gasteiger charge is 2.30. The molecule has 1 amide bonds. The maximum Gasteiger partial charge on any atom is 0.276 e. The fraction of sp³-hybridized carbons (Fsp3) is 0.241. The normalized spacial score (nSPS) is 14.5. The molecule has 180 valence electrons. The number of ketones is 1. The van der Waals surface area contributed by atoms with E-state index in [-0.39, 0.29) is 11.7 Å². The number of benzene rings is 1. The fourth-order valence-corrected chi connectivity index (χ4v) is 5.83. The van der Waals surface area contributed by atoms with Crippen molar-refractivity contribution in [1.82, 2.24) is 9.97 Å². The number of para-hydroxylation sites is 1. The Morgan fingerprint density at radius 1 is 1.08 bits per heavy atom. The van der Waals surface area contributed by atoms with E-state index in [0.29, 0.717) is 42.6 Å². The Morgan fingerprint density at radius 3 is 2.72 bits per heavy atom. The molecule has 3 aromatic heterocycles. The van der Waals surface area contributed by atoms with Crippen molar-refractivity contribution in [2.45, 2.75) is 25.7 Å². The topological polar surface area (TPSA) is 72.4 Å². The van der Waals surface area contributed by atoms with Gasteiger partial charge in [-0.05, 0) is 61.1 Å². The quantitative estimate of drug-likeness (QED) is 0.304. The number of aromatic nitrogens is 2. The minimum absolute atomic E-state index is 0.147. The smallest absolute Gasteiger partial charge is 0.276 e. The van der Waals surface area contributed by atoms with Gasteiger partial charge < -0.3 is 9.64 Å². The minimum atomic E-state index is -0.147. The first-order chi connectivity index (χ1) is 17.6. The summed E-state index contributed by atoms with van der Waals surface area (Å²) in [5.74, 6) is 1.19. The molecule has 4 aromatic rings. The Morgan fingerprint density at radius 2 is 1.94 bits per heavy atom. The third kappa shape index (κ3) is 4.31. The summed E-state index contributed by atoms with van der Waals surface area (Å²) >= 11 is 1.56. The third-order valence-electron chi connectivity index (χ3n) is 6.75. The Hall–Kier alpha value is -3.84. The van der Waals surface area contributed by atoms with E-state index in [2.05, 4.69) is 9.97 Å². The second-order valence-corrected chi connectivity index (χ2v) is 10.3. The number of anilines is 1. The van der Waals surface area contributed by atoms with Crippen molar-refractivity contribution >= 4 is 28.7 Å². The Kier molecular flexibility index (Phi) is 5.85. The predicted octanol–water partition coefficient (Wildman–Crippen LogP) is 6.07. The summed E-state index contributed by atoms with van der Waals surface area (Å²) in [6, 6.07) is 19.1. The summed E-state index contributed by atoms with van der Waals surface area (Å²) in [6.45, 7) is 0.520. The van der Waals surface area contributed by atoms with Crippen molar-refractivity contribution < 1.29 is 14.3 Å². The molecule has 1 saturated carbocycles. The van der Waals surface area contributed by atoms with Gasteiger partial charge >= 0.3 is 0 Å². The number of carbonyl (C=O) groups is 2. The number of pyridine rings is 2. The first-order valence-electron chi connectivity index (χ1n) is 12.2. The molecule has 0 saturated heterocycles. The number of Topliss-reactive ketones (excluding diaryl/α,β-unsaturated/α-hetero) is 1. The SMILES string of the molecule is COc1ccc(-c2cccc(C(=O)N3CCc4cc(C(=O)CC5CC5)sc4-c4ccccc43)n2)cn1. The van der Waals surface area contributed by atoms with Crippen molar-refractivity contribution in [1.29, 1.82) is 0 Å². The molecule has 1 aromatic carbocycles. The lowest BCUT2D eigenvalue weighted by Crippen LogP contribution is -2.33. The van der Waals surface area contributed by atoms with E-state index in [9.17, 15) is 9.59 Å². The molecule has 1 aliphatic carbocycles. The molecule has 4 heterocycles. The Balaban J connectivity index is 1.32. The number of hydrogen-bond acceptors (Lipinski definition) is 6. The largest absolute Gasteiger partial charge is 0.481 e. The van der Waals surface area contributed by atoms with Crippen molar-refractivity contribution in [3.63, 3.8) is 0 Å². The van der Waals surface area contributed by atoms with Gasteiger partial charge in [0.2, 0.25) is 5.88 Å². The van der Waals surface area contributed by atoms with Crippen LogP contribution in [-0.2, 0) is 6.42 Å². The number of methoxy groups -OCH3 is 1. The molecule has 1 fully saturated rings. The molecule has 1 aliphatic heterocycles. The second kappa shape index (κ2) is 9.32. The predicted molar refractivity (Wildman–Crippen MR) is 141 cm³/mol. The molecular formula is C29H25N3O3S.